The Hall–Kier alpha value is -1.52. The zero-order valence-corrected chi connectivity index (χ0v) is 12.6. The van der Waals surface area contributed by atoms with Crippen LogP contribution in [0.15, 0.2) is 30.5 Å². The average molecular weight is 327 g/mol. The Kier molecular flexibility index (Phi) is 3.68. The third kappa shape index (κ3) is 2.65. The molecule has 0 radical (unpaired) electrons. The molecule has 6 heteroatoms. The van der Waals surface area contributed by atoms with Crippen LogP contribution in [0.4, 0.5) is 10.1 Å². The number of pyridine rings is 1. The molecule has 1 aliphatic rings. The number of ether oxygens (including phenoxy) is 1. The SMILES string of the molecule is Nc1ccc(OC2(c3ncc(Cl)cc3Cl)CCC2)c(F)c1. The minimum absolute atomic E-state index is 0.150. The van der Waals surface area contributed by atoms with E-state index in [1.165, 1.54) is 18.3 Å². The van der Waals surface area contributed by atoms with Gasteiger partial charge in [-0.2, -0.15) is 0 Å². The van der Waals surface area contributed by atoms with Gasteiger partial charge in [-0.25, -0.2) is 4.39 Å². The quantitative estimate of drug-likeness (QED) is 0.840. The number of aromatic nitrogens is 1. The lowest BCUT2D eigenvalue weighted by Gasteiger charge is -2.41. The molecular formula is C15H13Cl2FN2O. The van der Waals surface area contributed by atoms with Crippen molar-refractivity contribution in [1.29, 1.82) is 0 Å². The summed E-state index contributed by atoms with van der Waals surface area (Å²) in [6.07, 6.45) is 3.94. The van der Waals surface area contributed by atoms with Gasteiger partial charge in [0.1, 0.15) is 5.69 Å². The summed E-state index contributed by atoms with van der Waals surface area (Å²) in [5.41, 5.74) is 5.80. The third-order valence-corrected chi connectivity index (χ3v) is 4.16. The van der Waals surface area contributed by atoms with E-state index in [0.29, 0.717) is 21.4 Å². The standard InChI is InChI=1S/C15H13Cl2FN2O/c16-9-6-11(17)14(20-8-9)15(4-1-5-15)21-13-3-2-10(19)7-12(13)18/h2-3,6-8H,1,4-5,19H2. The van der Waals surface area contributed by atoms with Crippen molar-refractivity contribution in [2.45, 2.75) is 24.9 Å². The first-order chi connectivity index (χ1) is 10.00. The van der Waals surface area contributed by atoms with Crippen LogP contribution >= 0.6 is 23.2 Å². The fourth-order valence-corrected chi connectivity index (χ4v) is 3.00. The van der Waals surface area contributed by atoms with E-state index in [9.17, 15) is 4.39 Å². The second-order valence-electron chi connectivity index (χ2n) is 5.12. The Balaban J connectivity index is 1.97. The van der Waals surface area contributed by atoms with Crippen molar-refractivity contribution >= 4 is 28.9 Å². The highest BCUT2D eigenvalue weighted by molar-refractivity contribution is 6.34. The zero-order valence-electron chi connectivity index (χ0n) is 11.1. The van der Waals surface area contributed by atoms with Crippen LogP contribution in [0.25, 0.3) is 0 Å². The van der Waals surface area contributed by atoms with Crippen molar-refractivity contribution in [1.82, 2.24) is 4.98 Å². The second-order valence-corrected chi connectivity index (χ2v) is 5.97. The van der Waals surface area contributed by atoms with E-state index in [-0.39, 0.29) is 5.75 Å². The summed E-state index contributed by atoms with van der Waals surface area (Å²) in [7, 11) is 0. The van der Waals surface area contributed by atoms with Gasteiger partial charge in [0.25, 0.3) is 0 Å². The van der Waals surface area contributed by atoms with Gasteiger partial charge in [0, 0.05) is 18.0 Å². The summed E-state index contributed by atoms with van der Waals surface area (Å²) in [6.45, 7) is 0. The molecule has 1 aromatic heterocycles. The number of halogens is 3. The largest absolute Gasteiger partial charge is 0.478 e. The molecule has 1 fully saturated rings. The second kappa shape index (κ2) is 5.35. The first-order valence-corrected chi connectivity index (χ1v) is 7.31. The molecular weight excluding hydrogens is 314 g/mol. The predicted octanol–water partition coefficient (Wildman–Crippen LogP) is 4.57. The van der Waals surface area contributed by atoms with Crippen LogP contribution in [0.1, 0.15) is 25.0 Å². The van der Waals surface area contributed by atoms with Crippen LogP contribution < -0.4 is 10.5 Å². The molecule has 110 valence electrons. The molecule has 3 nitrogen and oxygen atoms in total. The van der Waals surface area contributed by atoms with Crippen molar-refractivity contribution in [2.24, 2.45) is 0 Å². The summed E-state index contributed by atoms with van der Waals surface area (Å²) < 4.78 is 19.9. The highest BCUT2D eigenvalue weighted by Gasteiger charge is 2.44. The van der Waals surface area contributed by atoms with Gasteiger partial charge in [-0.15, -0.1) is 0 Å². The monoisotopic (exact) mass is 326 g/mol. The summed E-state index contributed by atoms with van der Waals surface area (Å²) in [4.78, 5) is 4.28. The maximum atomic E-state index is 13.9. The van der Waals surface area contributed by atoms with Gasteiger partial charge in [-0.1, -0.05) is 23.2 Å². The summed E-state index contributed by atoms with van der Waals surface area (Å²) in [5.74, 6) is -0.344. The summed E-state index contributed by atoms with van der Waals surface area (Å²) >= 11 is 12.1. The topological polar surface area (TPSA) is 48.1 Å². The molecule has 0 amide bonds. The molecule has 2 N–H and O–H groups in total. The number of nitrogens with zero attached hydrogens (tertiary/aromatic N) is 1. The average Bonchev–Trinajstić information content (AvgIpc) is 2.37. The maximum Gasteiger partial charge on any atom is 0.167 e. The highest BCUT2D eigenvalue weighted by Crippen LogP contribution is 2.47. The molecule has 1 aliphatic carbocycles. The van der Waals surface area contributed by atoms with E-state index in [4.69, 9.17) is 33.7 Å². The molecule has 1 saturated carbocycles. The summed E-state index contributed by atoms with van der Waals surface area (Å²) in [5, 5.41) is 0.884. The number of hydrogen-bond donors (Lipinski definition) is 1. The van der Waals surface area contributed by atoms with E-state index in [1.54, 1.807) is 12.1 Å². The van der Waals surface area contributed by atoms with E-state index in [1.807, 2.05) is 0 Å². The molecule has 0 aliphatic heterocycles. The maximum absolute atomic E-state index is 13.9. The lowest BCUT2D eigenvalue weighted by Crippen LogP contribution is -2.41. The van der Waals surface area contributed by atoms with Crippen LogP contribution in [0.3, 0.4) is 0 Å². The Bertz CT molecular complexity index is 689. The van der Waals surface area contributed by atoms with E-state index >= 15 is 0 Å². The molecule has 1 aromatic carbocycles. The molecule has 1 heterocycles. The van der Waals surface area contributed by atoms with Crippen molar-refractivity contribution in [3.8, 4) is 5.75 Å². The van der Waals surface area contributed by atoms with Crippen LogP contribution in [-0.2, 0) is 5.60 Å². The van der Waals surface area contributed by atoms with E-state index in [0.717, 1.165) is 19.3 Å². The van der Waals surface area contributed by atoms with Crippen LogP contribution in [-0.4, -0.2) is 4.98 Å². The van der Waals surface area contributed by atoms with Gasteiger partial charge in [0.15, 0.2) is 17.2 Å². The lowest BCUT2D eigenvalue weighted by molar-refractivity contribution is -0.0190. The predicted molar refractivity (Wildman–Crippen MR) is 81.2 cm³/mol. The van der Waals surface area contributed by atoms with Gasteiger partial charge >= 0.3 is 0 Å². The first-order valence-electron chi connectivity index (χ1n) is 6.56. The van der Waals surface area contributed by atoms with Crippen LogP contribution in [0.2, 0.25) is 10.0 Å². The first kappa shape index (κ1) is 14.4. The number of rotatable bonds is 3. The summed E-state index contributed by atoms with van der Waals surface area (Å²) in [6, 6.07) is 5.98. The third-order valence-electron chi connectivity index (χ3n) is 3.66. The Morgan fingerprint density at radius 1 is 1.24 bits per heavy atom. The Morgan fingerprint density at radius 2 is 2.00 bits per heavy atom. The molecule has 2 aromatic rings. The van der Waals surface area contributed by atoms with Gasteiger partial charge in [0.05, 0.1) is 10.0 Å². The van der Waals surface area contributed by atoms with Crippen LogP contribution in [0, 0.1) is 5.82 Å². The fraction of sp³-hybridized carbons (Fsp3) is 0.267. The fourth-order valence-electron chi connectivity index (χ4n) is 2.45. The van der Waals surface area contributed by atoms with E-state index in [2.05, 4.69) is 4.98 Å². The molecule has 0 unspecified atom stereocenters. The van der Waals surface area contributed by atoms with Gasteiger partial charge < -0.3 is 10.5 Å². The molecule has 3 rings (SSSR count). The van der Waals surface area contributed by atoms with Crippen LogP contribution in [0.5, 0.6) is 5.75 Å². The number of nitrogen functional groups attached to an aromatic ring is 1. The van der Waals surface area contributed by atoms with Crippen molar-refractivity contribution in [2.75, 3.05) is 5.73 Å². The van der Waals surface area contributed by atoms with Crippen molar-refractivity contribution in [3.63, 3.8) is 0 Å². The Labute approximate surface area is 131 Å². The minimum atomic E-state index is -0.696. The minimum Gasteiger partial charge on any atom is -0.478 e. The van der Waals surface area contributed by atoms with E-state index < -0.39 is 11.4 Å². The van der Waals surface area contributed by atoms with Crippen molar-refractivity contribution < 1.29 is 9.13 Å². The number of benzene rings is 1. The lowest BCUT2D eigenvalue weighted by atomic mass is 9.77. The number of anilines is 1. The normalized spacial score (nSPS) is 16.3. The van der Waals surface area contributed by atoms with Gasteiger partial charge in [-0.3, -0.25) is 4.98 Å². The number of nitrogens with two attached hydrogens (primary N) is 1. The Morgan fingerprint density at radius 3 is 2.57 bits per heavy atom. The van der Waals surface area contributed by atoms with Crippen molar-refractivity contribution in [3.05, 3.63) is 52.0 Å². The number of hydrogen-bond acceptors (Lipinski definition) is 3. The molecule has 0 atom stereocenters. The highest BCUT2D eigenvalue weighted by atomic mass is 35.5. The molecule has 0 bridgehead atoms. The zero-order chi connectivity index (χ0) is 15.0. The molecule has 0 saturated heterocycles. The smallest absolute Gasteiger partial charge is 0.167 e. The molecule has 21 heavy (non-hydrogen) atoms. The molecule has 0 spiro atoms. The van der Waals surface area contributed by atoms with Gasteiger partial charge in [-0.05, 0) is 37.5 Å². The van der Waals surface area contributed by atoms with Gasteiger partial charge in [0.2, 0.25) is 0 Å².